The summed E-state index contributed by atoms with van der Waals surface area (Å²) in [6.45, 7) is 7.69. The molecule has 1 fully saturated rings. The Labute approximate surface area is 196 Å². The summed E-state index contributed by atoms with van der Waals surface area (Å²) in [5.41, 5.74) is 1.41. The normalized spacial score (nSPS) is 17.0. The van der Waals surface area contributed by atoms with E-state index in [2.05, 4.69) is 11.9 Å². The van der Waals surface area contributed by atoms with Crippen LogP contribution in [0.5, 0.6) is 0 Å². The van der Waals surface area contributed by atoms with E-state index < -0.39 is 0 Å². The van der Waals surface area contributed by atoms with Gasteiger partial charge in [0.05, 0.1) is 33.9 Å². The van der Waals surface area contributed by atoms with Crippen molar-refractivity contribution >= 4 is 51.1 Å². The molecular weight excluding hydrogens is 446 g/mol. The number of hydrogen-bond donors (Lipinski definition) is 0. The molecule has 2 aromatic rings. The van der Waals surface area contributed by atoms with E-state index in [0.29, 0.717) is 35.3 Å². The third-order valence-electron chi connectivity index (χ3n) is 5.60. The fourth-order valence-corrected chi connectivity index (χ4v) is 5.84. The topological polar surface area (TPSA) is 81.0 Å². The number of aromatic nitrogens is 1. The summed E-state index contributed by atoms with van der Waals surface area (Å²) in [6, 6.07) is 5.71. The Kier molecular flexibility index (Phi) is 8.92. The highest BCUT2D eigenvalue weighted by molar-refractivity contribution is 8.00. The zero-order valence-electron chi connectivity index (χ0n) is 19.0. The number of carbonyl (C=O) groups excluding carboxylic acids is 3. The third-order valence-corrected chi connectivity index (χ3v) is 7.54. The Balaban J connectivity index is 1.67. The molecule has 32 heavy (non-hydrogen) atoms. The number of ether oxygens (including phenoxy) is 1. The van der Waals surface area contributed by atoms with E-state index in [4.69, 9.17) is 4.74 Å². The number of esters is 1. The van der Waals surface area contributed by atoms with Crippen LogP contribution in [0, 0.1) is 0 Å². The van der Waals surface area contributed by atoms with Gasteiger partial charge in [-0.05, 0) is 57.7 Å². The number of piperidine rings is 1. The number of aryl methyl sites for hydroxylation is 1. The van der Waals surface area contributed by atoms with Crippen molar-refractivity contribution in [3.63, 3.8) is 0 Å². The van der Waals surface area contributed by atoms with E-state index in [-0.39, 0.29) is 23.5 Å². The average Bonchev–Trinajstić information content (AvgIpc) is 3.14. The van der Waals surface area contributed by atoms with E-state index in [1.165, 1.54) is 29.5 Å². The lowest BCUT2D eigenvalue weighted by atomic mass is 10.0. The van der Waals surface area contributed by atoms with Crippen LogP contribution >= 0.6 is 23.1 Å². The zero-order chi connectivity index (χ0) is 23.1. The van der Waals surface area contributed by atoms with Gasteiger partial charge in [0.25, 0.3) is 5.91 Å². The molecule has 1 unspecified atom stereocenters. The molecule has 0 N–H and O–H groups in total. The van der Waals surface area contributed by atoms with Crippen molar-refractivity contribution in [1.29, 1.82) is 0 Å². The van der Waals surface area contributed by atoms with Crippen LogP contribution in [0.1, 0.15) is 56.8 Å². The Morgan fingerprint density at radius 3 is 2.72 bits per heavy atom. The average molecular weight is 478 g/mol. The van der Waals surface area contributed by atoms with E-state index in [1.54, 1.807) is 19.1 Å². The molecule has 1 atom stereocenters. The molecule has 1 saturated heterocycles. The molecule has 9 heteroatoms. The smallest absolute Gasteiger partial charge is 0.338 e. The zero-order valence-corrected chi connectivity index (χ0v) is 20.6. The van der Waals surface area contributed by atoms with Gasteiger partial charge >= 0.3 is 5.97 Å². The second-order valence-corrected chi connectivity index (χ2v) is 9.67. The van der Waals surface area contributed by atoms with Crippen LogP contribution in [0.15, 0.2) is 23.2 Å². The predicted molar refractivity (Wildman–Crippen MR) is 129 cm³/mol. The maximum Gasteiger partial charge on any atom is 0.338 e. The number of carbonyl (C=O) groups is 3. The van der Waals surface area contributed by atoms with Crippen molar-refractivity contribution in [2.24, 2.45) is 4.99 Å². The van der Waals surface area contributed by atoms with Gasteiger partial charge < -0.3 is 14.2 Å². The van der Waals surface area contributed by atoms with E-state index in [1.807, 2.05) is 22.5 Å². The molecule has 0 aliphatic carbocycles. The molecule has 0 spiro atoms. The lowest BCUT2D eigenvalue weighted by molar-refractivity contribution is -0.132. The Morgan fingerprint density at radius 2 is 2.00 bits per heavy atom. The van der Waals surface area contributed by atoms with Gasteiger partial charge in [0.15, 0.2) is 4.80 Å². The van der Waals surface area contributed by atoms with Crippen molar-refractivity contribution in [2.45, 2.75) is 59.0 Å². The van der Waals surface area contributed by atoms with E-state index in [9.17, 15) is 14.4 Å². The summed E-state index contributed by atoms with van der Waals surface area (Å²) in [5.74, 6) is -0.0248. The molecule has 1 aliphatic rings. The minimum Gasteiger partial charge on any atom is -0.462 e. The van der Waals surface area contributed by atoms with E-state index in [0.717, 1.165) is 36.0 Å². The first-order valence-corrected chi connectivity index (χ1v) is 13.2. The first-order valence-electron chi connectivity index (χ1n) is 11.2. The predicted octanol–water partition coefficient (Wildman–Crippen LogP) is 3.85. The Hall–Kier alpha value is -2.13. The molecular formula is C23H31N3O4S2. The third kappa shape index (κ3) is 5.81. The highest BCUT2D eigenvalue weighted by atomic mass is 32.2. The van der Waals surface area contributed by atoms with Crippen molar-refractivity contribution < 1.29 is 19.1 Å². The summed E-state index contributed by atoms with van der Waals surface area (Å²) in [4.78, 5) is 44.0. The maximum atomic E-state index is 12.6. The summed E-state index contributed by atoms with van der Waals surface area (Å²) in [6.07, 6.45) is 4.29. The van der Waals surface area contributed by atoms with Crippen LogP contribution in [-0.2, 0) is 20.9 Å². The largest absolute Gasteiger partial charge is 0.462 e. The standard InChI is InChI=1S/C23H31N3O4S2/c1-4-17-9-7-8-12-26(17)21(28)15-31-14-20(27)24-23-25(5-2)18-11-10-16(13-19(18)32-23)22(29)30-6-3/h10-11,13,17H,4-9,12,14-15H2,1-3H3. The second kappa shape index (κ2) is 11.7. The van der Waals surface area contributed by atoms with Gasteiger partial charge in [0.2, 0.25) is 5.91 Å². The molecule has 174 valence electrons. The molecule has 7 nitrogen and oxygen atoms in total. The number of amides is 2. The molecule has 0 radical (unpaired) electrons. The van der Waals surface area contributed by atoms with Gasteiger partial charge in [0, 0.05) is 19.1 Å². The fraction of sp³-hybridized carbons (Fsp3) is 0.565. The second-order valence-electron chi connectivity index (χ2n) is 7.68. The maximum absolute atomic E-state index is 12.6. The summed E-state index contributed by atoms with van der Waals surface area (Å²) in [7, 11) is 0. The minimum absolute atomic E-state index is 0.117. The Bertz CT molecular complexity index is 1040. The highest BCUT2D eigenvalue weighted by Gasteiger charge is 2.25. The van der Waals surface area contributed by atoms with E-state index >= 15 is 0 Å². The first kappa shape index (κ1) is 24.5. The van der Waals surface area contributed by atoms with Gasteiger partial charge in [-0.1, -0.05) is 18.3 Å². The Morgan fingerprint density at radius 1 is 1.19 bits per heavy atom. The number of rotatable bonds is 8. The van der Waals surface area contributed by atoms with Gasteiger partial charge in [-0.15, -0.1) is 11.8 Å². The number of nitrogens with zero attached hydrogens (tertiary/aromatic N) is 3. The number of thiazole rings is 1. The van der Waals surface area contributed by atoms with Gasteiger partial charge in [-0.3, -0.25) is 9.59 Å². The number of benzene rings is 1. The monoisotopic (exact) mass is 477 g/mol. The van der Waals surface area contributed by atoms with Crippen LogP contribution < -0.4 is 4.80 Å². The summed E-state index contributed by atoms with van der Waals surface area (Å²) >= 11 is 2.70. The lowest BCUT2D eigenvalue weighted by Crippen LogP contribution is -2.44. The van der Waals surface area contributed by atoms with Crippen molar-refractivity contribution in [2.75, 3.05) is 24.7 Å². The quantitative estimate of drug-likeness (QED) is 0.540. The molecule has 2 amide bonds. The summed E-state index contributed by atoms with van der Waals surface area (Å²) < 4.78 is 7.91. The molecule has 3 rings (SSSR count). The minimum atomic E-state index is -0.361. The van der Waals surface area contributed by atoms with Crippen LogP contribution in [0.25, 0.3) is 10.2 Å². The number of hydrogen-bond acceptors (Lipinski definition) is 6. The van der Waals surface area contributed by atoms with Gasteiger partial charge in [-0.2, -0.15) is 4.99 Å². The van der Waals surface area contributed by atoms with Crippen LogP contribution in [0.4, 0.5) is 0 Å². The molecule has 0 saturated carbocycles. The van der Waals surface area contributed by atoms with Crippen LogP contribution in [-0.4, -0.2) is 57.9 Å². The number of fused-ring (bicyclic) bond motifs is 1. The van der Waals surface area contributed by atoms with Crippen molar-refractivity contribution in [3.8, 4) is 0 Å². The summed E-state index contributed by atoms with van der Waals surface area (Å²) in [5, 5.41) is 0. The molecule has 0 bridgehead atoms. The van der Waals surface area contributed by atoms with Gasteiger partial charge in [0.1, 0.15) is 0 Å². The van der Waals surface area contributed by atoms with Crippen molar-refractivity contribution in [1.82, 2.24) is 9.47 Å². The van der Waals surface area contributed by atoms with Crippen molar-refractivity contribution in [3.05, 3.63) is 28.6 Å². The van der Waals surface area contributed by atoms with Crippen LogP contribution in [0.3, 0.4) is 0 Å². The molecule has 1 aliphatic heterocycles. The number of thioether (sulfide) groups is 1. The molecule has 1 aromatic carbocycles. The first-order chi connectivity index (χ1) is 15.5. The van der Waals surface area contributed by atoms with Crippen LogP contribution in [0.2, 0.25) is 0 Å². The lowest BCUT2D eigenvalue weighted by Gasteiger charge is -2.35. The number of likely N-dealkylation sites (tertiary alicyclic amines) is 1. The van der Waals surface area contributed by atoms with Gasteiger partial charge in [-0.25, -0.2) is 4.79 Å². The molecule has 1 aromatic heterocycles. The highest BCUT2D eigenvalue weighted by Crippen LogP contribution is 2.21. The SMILES string of the molecule is CCOC(=O)c1ccc2c(c1)sc(=NC(=O)CSCC(=O)N1CCCCC1CC)n2CC. The molecule has 2 heterocycles. The fourth-order valence-electron chi connectivity index (χ4n) is 4.01.